The van der Waals surface area contributed by atoms with Gasteiger partial charge in [0.25, 0.3) is 0 Å². The molecule has 0 aliphatic rings. The lowest BCUT2D eigenvalue weighted by atomic mass is 10.1. The Morgan fingerprint density at radius 2 is 2.26 bits per heavy atom. The molecule has 3 N–H and O–H groups in total. The Balaban J connectivity index is 2.12. The highest BCUT2D eigenvalue weighted by molar-refractivity contribution is 5.80. The zero-order valence-corrected chi connectivity index (χ0v) is 11.1. The number of aromatic amines is 1. The van der Waals surface area contributed by atoms with Gasteiger partial charge in [0.2, 0.25) is 0 Å². The van der Waals surface area contributed by atoms with E-state index in [1.165, 1.54) is 0 Å². The highest BCUT2D eigenvalue weighted by Crippen LogP contribution is 2.15. The minimum absolute atomic E-state index is 0.320. The predicted molar refractivity (Wildman–Crippen MR) is 74.8 cm³/mol. The number of carbonyl (C=O) groups is 1. The number of hydrogen-bond acceptors (Lipinski definition) is 3. The first kappa shape index (κ1) is 13.4. The van der Waals surface area contributed by atoms with E-state index < -0.39 is 0 Å². The van der Waals surface area contributed by atoms with E-state index in [2.05, 4.69) is 4.98 Å². The number of rotatable bonds is 5. The Kier molecular flexibility index (Phi) is 4.41. The number of nitrogens with zero attached hydrogens (tertiary/aromatic N) is 1. The molecule has 19 heavy (non-hydrogen) atoms. The largest absolute Gasteiger partial charge is 0.450 e. The average Bonchev–Trinajstić information content (AvgIpc) is 2.86. The van der Waals surface area contributed by atoms with Crippen LogP contribution in [0.15, 0.2) is 30.5 Å². The molecule has 0 fully saturated rings. The van der Waals surface area contributed by atoms with Gasteiger partial charge in [0.15, 0.2) is 0 Å². The van der Waals surface area contributed by atoms with Crippen molar-refractivity contribution in [1.29, 1.82) is 0 Å². The van der Waals surface area contributed by atoms with E-state index in [0.29, 0.717) is 26.2 Å². The third-order valence-electron chi connectivity index (χ3n) is 2.92. The van der Waals surface area contributed by atoms with Crippen molar-refractivity contribution in [3.05, 3.63) is 36.0 Å². The molecule has 2 aromatic rings. The maximum Gasteiger partial charge on any atom is 0.410 e. The van der Waals surface area contributed by atoms with Crippen LogP contribution < -0.4 is 5.73 Å². The fraction of sp³-hybridized carbons (Fsp3) is 0.357. The topological polar surface area (TPSA) is 71.3 Å². The summed E-state index contributed by atoms with van der Waals surface area (Å²) in [5.74, 6) is 0. The summed E-state index contributed by atoms with van der Waals surface area (Å²) in [5.41, 5.74) is 7.65. The van der Waals surface area contributed by atoms with Crippen LogP contribution in [-0.2, 0) is 11.3 Å². The maximum absolute atomic E-state index is 11.8. The van der Waals surface area contributed by atoms with Gasteiger partial charge in [0, 0.05) is 31.3 Å². The van der Waals surface area contributed by atoms with Crippen molar-refractivity contribution < 1.29 is 9.53 Å². The highest BCUT2D eigenvalue weighted by Gasteiger charge is 2.14. The van der Waals surface area contributed by atoms with Crippen molar-refractivity contribution in [3.63, 3.8) is 0 Å². The third-order valence-corrected chi connectivity index (χ3v) is 2.92. The standard InChI is InChI=1S/C14H19N3O2/c1-2-19-14(18)17(8-6-15)10-11-3-4-12-5-7-16-13(12)9-11/h3-5,7,9,16H,2,6,8,10,15H2,1H3. The van der Waals surface area contributed by atoms with Crippen LogP contribution in [0.2, 0.25) is 0 Å². The van der Waals surface area contributed by atoms with Crippen LogP contribution >= 0.6 is 0 Å². The lowest BCUT2D eigenvalue weighted by Gasteiger charge is -2.21. The molecule has 102 valence electrons. The number of ether oxygens (including phenoxy) is 1. The van der Waals surface area contributed by atoms with Crippen molar-refractivity contribution in [2.45, 2.75) is 13.5 Å². The Morgan fingerprint density at radius 1 is 1.42 bits per heavy atom. The number of H-pyrrole nitrogens is 1. The molecule has 1 aromatic carbocycles. The van der Waals surface area contributed by atoms with Crippen LogP contribution in [0.5, 0.6) is 0 Å². The lowest BCUT2D eigenvalue weighted by molar-refractivity contribution is 0.106. The first-order valence-corrected chi connectivity index (χ1v) is 6.42. The van der Waals surface area contributed by atoms with Crippen LogP contribution in [0.25, 0.3) is 10.9 Å². The van der Waals surface area contributed by atoms with E-state index in [0.717, 1.165) is 16.5 Å². The van der Waals surface area contributed by atoms with Gasteiger partial charge in [-0.2, -0.15) is 0 Å². The summed E-state index contributed by atoms with van der Waals surface area (Å²) < 4.78 is 5.02. The monoisotopic (exact) mass is 261 g/mol. The van der Waals surface area contributed by atoms with Crippen LogP contribution in [0.4, 0.5) is 4.79 Å². The van der Waals surface area contributed by atoms with E-state index in [-0.39, 0.29) is 6.09 Å². The normalized spacial score (nSPS) is 10.6. The minimum atomic E-state index is -0.320. The fourth-order valence-electron chi connectivity index (χ4n) is 2.02. The molecule has 0 atom stereocenters. The van der Waals surface area contributed by atoms with Gasteiger partial charge in [-0.05, 0) is 30.0 Å². The van der Waals surface area contributed by atoms with Gasteiger partial charge in [-0.1, -0.05) is 12.1 Å². The maximum atomic E-state index is 11.8. The van der Waals surface area contributed by atoms with Gasteiger partial charge >= 0.3 is 6.09 Å². The predicted octanol–water partition coefficient (Wildman–Crippen LogP) is 2.09. The summed E-state index contributed by atoms with van der Waals surface area (Å²) in [6.07, 6.45) is 1.58. The Hall–Kier alpha value is -2.01. The van der Waals surface area contributed by atoms with E-state index in [1.54, 1.807) is 11.8 Å². The summed E-state index contributed by atoms with van der Waals surface area (Å²) >= 11 is 0. The molecular weight excluding hydrogens is 242 g/mol. The summed E-state index contributed by atoms with van der Waals surface area (Å²) in [5, 5.41) is 1.16. The third kappa shape index (κ3) is 3.26. The van der Waals surface area contributed by atoms with Gasteiger partial charge in [0.05, 0.1) is 6.61 Å². The van der Waals surface area contributed by atoms with Crippen LogP contribution in [0.3, 0.4) is 0 Å². The molecule has 5 heteroatoms. The van der Waals surface area contributed by atoms with Crippen LogP contribution in [-0.4, -0.2) is 35.7 Å². The van der Waals surface area contributed by atoms with Crippen molar-refractivity contribution in [2.75, 3.05) is 19.7 Å². The number of carbonyl (C=O) groups excluding carboxylic acids is 1. The summed E-state index contributed by atoms with van der Waals surface area (Å²) in [6, 6.07) is 8.10. The minimum Gasteiger partial charge on any atom is -0.450 e. The zero-order chi connectivity index (χ0) is 13.7. The second kappa shape index (κ2) is 6.24. The Morgan fingerprint density at radius 3 is 3.00 bits per heavy atom. The summed E-state index contributed by atoms with van der Waals surface area (Å²) in [6.45, 7) is 3.58. The molecular formula is C14H19N3O2. The van der Waals surface area contributed by atoms with E-state index in [1.807, 2.05) is 30.5 Å². The van der Waals surface area contributed by atoms with E-state index in [9.17, 15) is 4.79 Å². The van der Waals surface area contributed by atoms with E-state index >= 15 is 0 Å². The number of nitrogens with one attached hydrogen (secondary N) is 1. The molecule has 2 rings (SSSR count). The number of fused-ring (bicyclic) bond motifs is 1. The number of hydrogen-bond donors (Lipinski definition) is 2. The molecule has 0 aliphatic heterocycles. The molecule has 0 saturated heterocycles. The molecule has 0 bridgehead atoms. The van der Waals surface area contributed by atoms with Crippen molar-refractivity contribution in [1.82, 2.24) is 9.88 Å². The Bertz CT molecular complexity index is 550. The lowest BCUT2D eigenvalue weighted by Crippen LogP contribution is -2.35. The van der Waals surface area contributed by atoms with Gasteiger partial charge < -0.3 is 20.4 Å². The molecule has 0 radical (unpaired) electrons. The molecule has 1 heterocycles. The van der Waals surface area contributed by atoms with Crippen molar-refractivity contribution in [3.8, 4) is 0 Å². The molecule has 1 aromatic heterocycles. The number of amides is 1. The Labute approximate surface area is 112 Å². The van der Waals surface area contributed by atoms with Gasteiger partial charge in [0.1, 0.15) is 0 Å². The van der Waals surface area contributed by atoms with Crippen LogP contribution in [0.1, 0.15) is 12.5 Å². The quantitative estimate of drug-likeness (QED) is 0.865. The number of benzene rings is 1. The first-order chi connectivity index (χ1) is 9.24. The molecule has 0 aliphatic carbocycles. The fourth-order valence-corrected chi connectivity index (χ4v) is 2.02. The SMILES string of the molecule is CCOC(=O)N(CCN)Cc1ccc2cc[nH]c2c1. The first-order valence-electron chi connectivity index (χ1n) is 6.42. The van der Waals surface area contributed by atoms with Gasteiger partial charge in [-0.25, -0.2) is 4.79 Å². The molecule has 0 unspecified atom stereocenters. The number of nitrogens with two attached hydrogens (primary N) is 1. The second-order valence-electron chi connectivity index (χ2n) is 4.31. The highest BCUT2D eigenvalue weighted by atomic mass is 16.6. The van der Waals surface area contributed by atoms with Gasteiger partial charge in [-0.3, -0.25) is 0 Å². The van der Waals surface area contributed by atoms with Crippen molar-refractivity contribution in [2.24, 2.45) is 5.73 Å². The smallest absolute Gasteiger partial charge is 0.410 e. The second-order valence-corrected chi connectivity index (χ2v) is 4.31. The van der Waals surface area contributed by atoms with Gasteiger partial charge in [-0.15, -0.1) is 0 Å². The average molecular weight is 261 g/mol. The molecule has 0 saturated carbocycles. The molecule has 5 nitrogen and oxygen atoms in total. The van der Waals surface area contributed by atoms with E-state index in [4.69, 9.17) is 10.5 Å². The number of aromatic nitrogens is 1. The zero-order valence-electron chi connectivity index (χ0n) is 11.1. The summed E-state index contributed by atoms with van der Waals surface area (Å²) in [7, 11) is 0. The van der Waals surface area contributed by atoms with Crippen molar-refractivity contribution >= 4 is 17.0 Å². The van der Waals surface area contributed by atoms with Crippen LogP contribution in [0, 0.1) is 0 Å². The summed E-state index contributed by atoms with van der Waals surface area (Å²) in [4.78, 5) is 16.6. The molecule has 0 spiro atoms. The molecule has 1 amide bonds.